The Bertz CT molecular complexity index is 866. The van der Waals surface area contributed by atoms with E-state index in [9.17, 15) is 14.9 Å². The van der Waals surface area contributed by atoms with Crippen LogP contribution in [0.5, 0.6) is 0 Å². The van der Waals surface area contributed by atoms with Crippen LogP contribution in [-0.4, -0.2) is 60.1 Å². The summed E-state index contributed by atoms with van der Waals surface area (Å²) in [6, 6.07) is 5.14. The number of rotatable bonds is 3. The predicted molar refractivity (Wildman–Crippen MR) is 101 cm³/mol. The van der Waals surface area contributed by atoms with Gasteiger partial charge in [0, 0.05) is 55.7 Å². The van der Waals surface area contributed by atoms with Crippen LogP contribution in [0.25, 0.3) is 10.8 Å². The molecular formula is C19H22N4O4. The third-order valence-corrected chi connectivity index (χ3v) is 5.40. The number of anilines is 1. The Morgan fingerprint density at radius 3 is 2.78 bits per heavy atom. The standard InChI is InChI=1S/C19H22N4O4/c24-19(21-8-10-27-11-9-21)14-2-1-7-22(13-14)17-3-4-18(23(25)26)16-12-20-6-5-15(16)17/h3-6,12,14H,1-2,7-11,13H2. The summed E-state index contributed by atoms with van der Waals surface area (Å²) in [6.45, 7) is 3.97. The maximum Gasteiger partial charge on any atom is 0.278 e. The molecule has 2 fully saturated rings. The van der Waals surface area contributed by atoms with E-state index in [1.165, 1.54) is 12.3 Å². The summed E-state index contributed by atoms with van der Waals surface area (Å²) in [6.07, 6.45) is 4.98. The summed E-state index contributed by atoms with van der Waals surface area (Å²) in [5.41, 5.74) is 0.984. The van der Waals surface area contributed by atoms with Gasteiger partial charge in [-0.1, -0.05) is 0 Å². The van der Waals surface area contributed by atoms with Crippen LogP contribution in [0.3, 0.4) is 0 Å². The number of benzene rings is 1. The zero-order valence-corrected chi connectivity index (χ0v) is 15.0. The molecule has 0 bridgehead atoms. The van der Waals surface area contributed by atoms with Crippen LogP contribution < -0.4 is 4.90 Å². The van der Waals surface area contributed by atoms with Gasteiger partial charge in [0.1, 0.15) is 0 Å². The van der Waals surface area contributed by atoms with Gasteiger partial charge in [0.2, 0.25) is 5.91 Å². The third kappa shape index (κ3) is 3.44. The van der Waals surface area contributed by atoms with Crippen molar-refractivity contribution in [2.24, 2.45) is 5.92 Å². The molecule has 0 radical (unpaired) electrons. The number of carbonyl (C=O) groups excluding carboxylic acids is 1. The molecular weight excluding hydrogens is 348 g/mol. The van der Waals surface area contributed by atoms with E-state index in [0.717, 1.165) is 30.5 Å². The van der Waals surface area contributed by atoms with Crippen molar-refractivity contribution in [2.45, 2.75) is 12.8 Å². The highest BCUT2D eigenvalue weighted by molar-refractivity contribution is 5.99. The van der Waals surface area contributed by atoms with Gasteiger partial charge >= 0.3 is 0 Å². The highest BCUT2D eigenvalue weighted by Gasteiger charge is 2.31. The molecule has 8 nitrogen and oxygen atoms in total. The second-order valence-corrected chi connectivity index (χ2v) is 7.01. The van der Waals surface area contributed by atoms with Gasteiger partial charge in [-0.25, -0.2) is 0 Å². The number of hydrogen-bond acceptors (Lipinski definition) is 6. The second kappa shape index (κ2) is 7.48. The number of nitro benzene ring substituents is 1. The fourth-order valence-corrected chi connectivity index (χ4v) is 4.03. The molecule has 0 spiro atoms. The normalized spacial score (nSPS) is 20.7. The molecule has 0 N–H and O–H groups in total. The number of pyridine rings is 1. The lowest BCUT2D eigenvalue weighted by molar-refractivity contribution is -0.383. The molecule has 8 heteroatoms. The number of ether oxygens (including phenoxy) is 1. The van der Waals surface area contributed by atoms with Gasteiger partial charge in [0.05, 0.1) is 29.4 Å². The first kappa shape index (κ1) is 17.7. The first-order chi connectivity index (χ1) is 13.1. The highest BCUT2D eigenvalue weighted by atomic mass is 16.6. The number of hydrogen-bond donors (Lipinski definition) is 0. The molecule has 3 heterocycles. The van der Waals surface area contributed by atoms with E-state index in [0.29, 0.717) is 38.2 Å². The molecule has 1 atom stereocenters. The van der Waals surface area contributed by atoms with Gasteiger partial charge in [-0.05, 0) is 25.0 Å². The lowest BCUT2D eigenvalue weighted by Crippen LogP contribution is -2.48. The minimum atomic E-state index is -0.380. The van der Waals surface area contributed by atoms with E-state index in [1.807, 2.05) is 11.0 Å². The van der Waals surface area contributed by atoms with E-state index >= 15 is 0 Å². The van der Waals surface area contributed by atoms with Crippen molar-refractivity contribution in [1.29, 1.82) is 0 Å². The predicted octanol–water partition coefficient (Wildman–Crippen LogP) is 2.22. The summed E-state index contributed by atoms with van der Waals surface area (Å²) in [5.74, 6) is 0.139. The fourth-order valence-electron chi connectivity index (χ4n) is 4.03. The fraction of sp³-hybridized carbons (Fsp3) is 0.474. The molecule has 1 aromatic heterocycles. The molecule has 2 aliphatic heterocycles. The molecule has 27 heavy (non-hydrogen) atoms. The number of carbonyl (C=O) groups is 1. The molecule has 2 aromatic rings. The van der Waals surface area contributed by atoms with Gasteiger partial charge in [0.25, 0.3) is 5.69 Å². The Balaban J connectivity index is 1.61. The number of fused-ring (bicyclic) bond motifs is 1. The Morgan fingerprint density at radius 2 is 2.00 bits per heavy atom. The first-order valence-corrected chi connectivity index (χ1v) is 9.28. The summed E-state index contributed by atoms with van der Waals surface area (Å²) in [7, 11) is 0. The monoisotopic (exact) mass is 370 g/mol. The number of aromatic nitrogens is 1. The zero-order valence-electron chi connectivity index (χ0n) is 15.0. The SMILES string of the molecule is O=C(C1CCCN(c2ccc([N+](=O)[O-])c3cnccc23)C1)N1CCOCC1. The Labute approximate surface area is 156 Å². The van der Waals surface area contributed by atoms with Crippen molar-refractivity contribution in [1.82, 2.24) is 9.88 Å². The number of non-ortho nitro benzene ring substituents is 1. The van der Waals surface area contributed by atoms with Crippen LogP contribution in [0.2, 0.25) is 0 Å². The third-order valence-electron chi connectivity index (χ3n) is 5.40. The van der Waals surface area contributed by atoms with Crippen molar-refractivity contribution in [3.63, 3.8) is 0 Å². The minimum absolute atomic E-state index is 0.0519. The van der Waals surface area contributed by atoms with Crippen LogP contribution in [0.1, 0.15) is 12.8 Å². The van der Waals surface area contributed by atoms with Crippen LogP contribution >= 0.6 is 0 Å². The minimum Gasteiger partial charge on any atom is -0.378 e. The molecule has 142 valence electrons. The molecule has 0 saturated carbocycles. The quantitative estimate of drug-likeness (QED) is 0.608. The number of amides is 1. The Kier molecular flexibility index (Phi) is 4.89. The van der Waals surface area contributed by atoms with E-state index in [-0.39, 0.29) is 22.4 Å². The number of piperidine rings is 1. The Hall–Kier alpha value is -2.74. The number of morpholine rings is 1. The van der Waals surface area contributed by atoms with Crippen molar-refractivity contribution < 1.29 is 14.5 Å². The first-order valence-electron chi connectivity index (χ1n) is 9.28. The van der Waals surface area contributed by atoms with Gasteiger partial charge < -0.3 is 14.5 Å². The van der Waals surface area contributed by atoms with Gasteiger partial charge in [-0.2, -0.15) is 0 Å². The largest absolute Gasteiger partial charge is 0.378 e. The van der Waals surface area contributed by atoms with Gasteiger partial charge in [-0.15, -0.1) is 0 Å². The molecule has 2 saturated heterocycles. The zero-order chi connectivity index (χ0) is 18.8. The smallest absolute Gasteiger partial charge is 0.278 e. The maximum atomic E-state index is 12.9. The van der Waals surface area contributed by atoms with E-state index in [2.05, 4.69) is 9.88 Å². The lowest BCUT2D eigenvalue weighted by atomic mass is 9.95. The Morgan fingerprint density at radius 1 is 1.19 bits per heavy atom. The lowest BCUT2D eigenvalue weighted by Gasteiger charge is -2.37. The number of nitrogens with zero attached hydrogens (tertiary/aromatic N) is 4. The molecule has 2 aliphatic rings. The van der Waals surface area contributed by atoms with Gasteiger partial charge in [-0.3, -0.25) is 19.9 Å². The van der Waals surface area contributed by atoms with Crippen molar-refractivity contribution in [2.75, 3.05) is 44.3 Å². The van der Waals surface area contributed by atoms with Crippen LogP contribution in [0.4, 0.5) is 11.4 Å². The van der Waals surface area contributed by atoms with Crippen LogP contribution in [-0.2, 0) is 9.53 Å². The molecule has 0 aliphatic carbocycles. The topological polar surface area (TPSA) is 88.8 Å². The van der Waals surface area contributed by atoms with E-state index < -0.39 is 0 Å². The van der Waals surface area contributed by atoms with Crippen molar-refractivity contribution in [3.8, 4) is 0 Å². The second-order valence-electron chi connectivity index (χ2n) is 7.01. The molecule has 1 amide bonds. The van der Waals surface area contributed by atoms with Crippen LogP contribution in [0, 0.1) is 16.0 Å². The average molecular weight is 370 g/mol. The summed E-state index contributed by atoms with van der Waals surface area (Å²) < 4.78 is 5.34. The maximum absolute atomic E-state index is 12.9. The molecule has 1 aromatic carbocycles. The van der Waals surface area contributed by atoms with E-state index in [4.69, 9.17) is 4.74 Å². The van der Waals surface area contributed by atoms with Crippen molar-refractivity contribution >= 4 is 28.1 Å². The summed E-state index contributed by atoms with van der Waals surface area (Å²) in [4.78, 5) is 32.0. The summed E-state index contributed by atoms with van der Waals surface area (Å²) in [5, 5.41) is 12.7. The summed E-state index contributed by atoms with van der Waals surface area (Å²) >= 11 is 0. The molecule has 4 rings (SSSR count). The van der Waals surface area contributed by atoms with E-state index in [1.54, 1.807) is 12.3 Å². The van der Waals surface area contributed by atoms with Crippen molar-refractivity contribution in [3.05, 3.63) is 40.7 Å². The van der Waals surface area contributed by atoms with Crippen LogP contribution in [0.15, 0.2) is 30.6 Å². The highest BCUT2D eigenvalue weighted by Crippen LogP contribution is 2.35. The number of nitro groups is 1. The molecule has 1 unspecified atom stereocenters. The average Bonchev–Trinajstić information content (AvgIpc) is 2.73. The van der Waals surface area contributed by atoms with Gasteiger partial charge in [0.15, 0.2) is 0 Å².